The zero-order chi connectivity index (χ0) is 25.8. The van der Waals surface area contributed by atoms with Crippen LogP contribution in [0.5, 0.6) is 5.75 Å². The van der Waals surface area contributed by atoms with Crippen molar-refractivity contribution in [1.82, 2.24) is 20.9 Å². The van der Waals surface area contributed by atoms with Crippen molar-refractivity contribution in [3.8, 4) is 5.75 Å². The maximum absolute atomic E-state index is 13.1. The topological polar surface area (TPSA) is 130 Å². The third-order valence-electron chi connectivity index (χ3n) is 5.14. The molecule has 2 rings (SSSR count). The van der Waals surface area contributed by atoms with Crippen LogP contribution in [0.15, 0.2) is 54.7 Å². The van der Waals surface area contributed by atoms with Crippen LogP contribution in [-0.2, 0) is 16.1 Å². The van der Waals surface area contributed by atoms with E-state index in [2.05, 4.69) is 33.6 Å². The van der Waals surface area contributed by atoms with Gasteiger partial charge in [-0.2, -0.15) is 0 Å². The molecule has 0 saturated carbocycles. The largest absolute Gasteiger partial charge is 0.413 e. The van der Waals surface area contributed by atoms with Gasteiger partial charge in [-0.15, -0.1) is 12.6 Å². The number of hydrogen-bond acceptors (Lipinski definition) is 7. The second-order valence-electron chi connectivity index (χ2n) is 8.61. The lowest BCUT2D eigenvalue weighted by atomic mass is 10.00. The average Bonchev–Trinajstić information content (AvgIpc) is 2.82. The molecule has 0 aliphatic heterocycles. The zero-order valence-corrected chi connectivity index (χ0v) is 21.1. The van der Waals surface area contributed by atoms with Crippen LogP contribution < -0.4 is 20.7 Å². The Labute approximate surface area is 211 Å². The first kappa shape index (κ1) is 28.1. The van der Waals surface area contributed by atoms with E-state index in [-0.39, 0.29) is 18.9 Å². The fraction of sp³-hybridized carbons (Fsp3) is 0.440. The molecule has 0 radical (unpaired) electrons. The fourth-order valence-corrected chi connectivity index (χ4v) is 3.64. The van der Waals surface area contributed by atoms with E-state index in [0.29, 0.717) is 24.3 Å². The Morgan fingerprint density at radius 1 is 1.09 bits per heavy atom. The van der Waals surface area contributed by atoms with Crippen LogP contribution in [0.2, 0.25) is 0 Å². The van der Waals surface area contributed by atoms with Gasteiger partial charge >= 0.3 is 6.09 Å². The Hall–Kier alpha value is -3.11. The molecule has 3 amide bonds. The summed E-state index contributed by atoms with van der Waals surface area (Å²) in [5.74, 6) is -0.898. The van der Waals surface area contributed by atoms with E-state index in [1.165, 1.54) is 0 Å². The molecule has 0 spiro atoms. The first-order valence-corrected chi connectivity index (χ1v) is 12.0. The highest BCUT2D eigenvalue weighted by Crippen LogP contribution is 2.21. The molecule has 3 atom stereocenters. The summed E-state index contributed by atoms with van der Waals surface area (Å²) in [7, 11) is 0. The fourth-order valence-electron chi connectivity index (χ4n) is 3.37. The van der Waals surface area contributed by atoms with Crippen molar-refractivity contribution in [2.45, 2.75) is 63.6 Å². The van der Waals surface area contributed by atoms with E-state index in [4.69, 9.17) is 4.74 Å². The highest BCUT2D eigenvalue weighted by Gasteiger charge is 2.42. The van der Waals surface area contributed by atoms with Crippen LogP contribution in [0.1, 0.15) is 45.7 Å². The number of nitrogens with one attached hydrogen (secondary N) is 3. The van der Waals surface area contributed by atoms with Gasteiger partial charge in [0, 0.05) is 6.20 Å². The quantitative estimate of drug-likeness (QED) is 0.224. The molecule has 0 aliphatic carbocycles. The van der Waals surface area contributed by atoms with Crippen molar-refractivity contribution in [1.29, 1.82) is 0 Å². The van der Waals surface area contributed by atoms with E-state index in [9.17, 15) is 19.5 Å². The molecular weight excluding hydrogens is 468 g/mol. The number of aromatic nitrogens is 1. The van der Waals surface area contributed by atoms with E-state index in [1.807, 2.05) is 20.8 Å². The van der Waals surface area contributed by atoms with Crippen LogP contribution >= 0.6 is 12.6 Å². The van der Waals surface area contributed by atoms with Crippen molar-refractivity contribution in [2.24, 2.45) is 5.92 Å². The Morgan fingerprint density at radius 3 is 2.37 bits per heavy atom. The van der Waals surface area contributed by atoms with Gasteiger partial charge in [0.05, 0.1) is 18.3 Å². The monoisotopic (exact) mass is 502 g/mol. The molecule has 10 heteroatoms. The number of ether oxygens (including phenoxy) is 1. The van der Waals surface area contributed by atoms with E-state index in [0.717, 1.165) is 0 Å². The molecule has 0 saturated heterocycles. The maximum atomic E-state index is 13.1. The average molecular weight is 503 g/mol. The first-order valence-electron chi connectivity index (χ1n) is 11.6. The number of rotatable bonds is 12. The van der Waals surface area contributed by atoms with Crippen LogP contribution in [0.25, 0.3) is 0 Å². The third kappa shape index (κ3) is 9.22. The lowest BCUT2D eigenvalue weighted by Gasteiger charge is -2.32. The van der Waals surface area contributed by atoms with Crippen molar-refractivity contribution >= 4 is 30.5 Å². The SMILES string of the molecule is CCC[C@H](NC(=O)[C@H](CC(C)C)NC(=O)Oc1ccccc1)[C@@](O)(S)C(=O)NCc1ccccn1. The predicted molar refractivity (Wildman–Crippen MR) is 136 cm³/mol. The van der Waals surface area contributed by atoms with Crippen molar-refractivity contribution in [3.63, 3.8) is 0 Å². The number of nitrogens with zero attached hydrogens (tertiary/aromatic N) is 1. The molecule has 0 fully saturated rings. The Bertz CT molecular complexity index is 957. The van der Waals surface area contributed by atoms with Gasteiger partial charge in [0.2, 0.25) is 10.8 Å². The van der Waals surface area contributed by atoms with Crippen LogP contribution in [0.4, 0.5) is 4.79 Å². The molecule has 2 aromatic rings. The number of para-hydroxylation sites is 1. The number of pyridine rings is 1. The lowest BCUT2D eigenvalue weighted by molar-refractivity contribution is -0.135. The van der Waals surface area contributed by atoms with Crippen molar-refractivity contribution in [3.05, 3.63) is 60.4 Å². The smallest absolute Gasteiger partial charge is 0.410 e. The molecule has 0 unspecified atom stereocenters. The van der Waals surface area contributed by atoms with Gasteiger partial charge in [-0.05, 0) is 43.0 Å². The Balaban J connectivity index is 2.07. The van der Waals surface area contributed by atoms with E-state index >= 15 is 0 Å². The summed E-state index contributed by atoms with van der Waals surface area (Å²) in [6.07, 6.45) is 1.99. The predicted octanol–water partition coefficient (Wildman–Crippen LogP) is 2.80. The van der Waals surface area contributed by atoms with E-state index in [1.54, 1.807) is 54.7 Å². The number of hydrogen-bond donors (Lipinski definition) is 5. The molecule has 0 bridgehead atoms. The number of carbonyl (C=O) groups excluding carboxylic acids is 3. The van der Waals surface area contributed by atoms with Crippen LogP contribution in [0.3, 0.4) is 0 Å². The van der Waals surface area contributed by atoms with Gasteiger partial charge < -0.3 is 25.8 Å². The van der Waals surface area contributed by atoms with Gasteiger partial charge in [0.25, 0.3) is 5.91 Å². The lowest BCUT2D eigenvalue weighted by Crippen LogP contribution is -2.60. The summed E-state index contributed by atoms with van der Waals surface area (Å²) < 4.78 is 5.24. The minimum atomic E-state index is -2.19. The van der Waals surface area contributed by atoms with Gasteiger partial charge in [-0.25, -0.2) is 4.79 Å². The molecule has 190 valence electrons. The number of amides is 3. The number of carbonyl (C=O) groups is 3. The molecule has 0 aliphatic rings. The second-order valence-corrected chi connectivity index (χ2v) is 9.29. The summed E-state index contributed by atoms with van der Waals surface area (Å²) in [6, 6.07) is 11.8. The van der Waals surface area contributed by atoms with Gasteiger partial charge in [-0.1, -0.05) is 51.5 Å². The normalized spacial score (nSPS) is 14.3. The van der Waals surface area contributed by atoms with Crippen LogP contribution in [0, 0.1) is 5.92 Å². The van der Waals surface area contributed by atoms with Crippen LogP contribution in [-0.4, -0.2) is 45.0 Å². The summed E-state index contributed by atoms with van der Waals surface area (Å²) >= 11 is 4.20. The van der Waals surface area contributed by atoms with Gasteiger partial charge in [0.15, 0.2) is 0 Å². The Morgan fingerprint density at radius 2 is 1.77 bits per heavy atom. The van der Waals surface area contributed by atoms with Gasteiger partial charge in [0.1, 0.15) is 11.8 Å². The standard InChI is InChI=1S/C25H34N4O5S/c1-4-10-21(25(33,35)23(31)27-16-18-11-8-9-14-26-18)29-22(30)20(15-17(2)3)28-24(32)34-19-12-6-5-7-13-19/h5-9,11-14,17,20-21,33,35H,4,10,15-16H2,1-3H3,(H,27,31)(H,28,32)(H,29,30)/t20-,21-,25+/m0/s1. The van der Waals surface area contributed by atoms with E-state index < -0.39 is 34.9 Å². The molecule has 1 heterocycles. The number of thiol groups is 1. The second kappa shape index (κ2) is 13.7. The molecule has 35 heavy (non-hydrogen) atoms. The molecule has 4 N–H and O–H groups in total. The summed E-state index contributed by atoms with van der Waals surface area (Å²) in [4.78, 5) is 40.2. The highest BCUT2D eigenvalue weighted by atomic mass is 32.1. The summed E-state index contributed by atoms with van der Waals surface area (Å²) in [6.45, 7) is 5.77. The third-order valence-corrected chi connectivity index (χ3v) is 5.65. The maximum Gasteiger partial charge on any atom is 0.413 e. The van der Waals surface area contributed by atoms with Crippen molar-refractivity contribution in [2.75, 3.05) is 0 Å². The molecular formula is C25H34N4O5S. The van der Waals surface area contributed by atoms with Crippen molar-refractivity contribution < 1.29 is 24.2 Å². The summed E-state index contributed by atoms with van der Waals surface area (Å²) in [5.41, 5.74) is 0.610. The Kier molecular flexibility index (Phi) is 11.0. The summed E-state index contributed by atoms with van der Waals surface area (Å²) in [5, 5.41) is 18.8. The van der Waals surface area contributed by atoms with Gasteiger partial charge in [-0.3, -0.25) is 14.6 Å². The first-order chi connectivity index (χ1) is 16.6. The molecule has 9 nitrogen and oxygen atoms in total. The molecule has 1 aromatic heterocycles. The minimum absolute atomic E-state index is 0.0731. The zero-order valence-electron chi connectivity index (χ0n) is 20.2. The number of benzene rings is 1. The minimum Gasteiger partial charge on any atom is -0.410 e. The number of aliphatic hydroxyl groups is 1. The highest BCUT2D eigenvalue weighted by molar-refractivity contribution is 7.82. The molecule has 1 aromatic carbocycles.